The largest absolute Gasteiger partial charge is 0.263 e. The highest BCUT2D eigenvalue weighted by atomic mass is 35.5. The van der Waals surface area contributed by atoms with Crippen LogP contribution in [0, 0.1) is 5.82 Å². The van der Waals surface area contributed by atoms with Crippen molar-refractivity contribution in [2.75, 3.05) is 4.72 Å². The predicted octanol–water partition coefficient (Wildman–Crippen LogP) is 5.65. The van der Waals surface area contributed by atoms with Crippen molar-refractivity contribution in [3.8, 4) is 11.1 Å². The Kier molecular flexibility index (Phi) is 5.39. The molecule has 0 amide bonds. The van der Waals surface area contributed by atoms with Crippen LogP contribution in [0.3, 0.4) is 0 Å². The van der Waals surface area contributed by atoms with E-state index in [2.05, 4.69) is 9.71 Å². The van der Waals surface area contributed by atoms with E-state index in [4.69, 9.17) is 34.8 Å². The second-order valence-corrected chi connectivity index (χ2v) is 8.17. The second kappa shape index (κ2) is 7.40. The van der Waals surface area contributed by atoms with Crippen LogP contribution in [0.4, 0.5) is 10.2 Å². The van der Waals surface area contributed by atoms with Crippen LogP contribution in [0.15, 0.2) is 59.6 Å². The first-order chi connectivity index (χ1) is 12.3. The molecule has 0 atom stereocenters. The topological polar surface area (TPSA) is 59.1 Å². The number of pyridine rings is 1. The number of aromatic nitrogens is 1. The summed E-state index contributed by atoms with van der Waals surface area (Å²) in [5.74, 6) is -0.604. The molecule has 1 aromatic heterocycles. The lowest BCUT2D eigenvalue weighted by atomic mass is 10.1. The van der Waals surface area contributed by atoms with Crippen molar-refractivity contribution in [1.29, 1.82) is 0 Å². The van der Waals surface area contributed by atoms with Gasteiger partial charge in [-0.3, -0.25) is 4.72 Å². The molecule has 4 nitrogen and oxygen atoms in total. The maximum atomic E-state index is 13.2. The van der Waals surface area contributed by atoms with E-state index < -0.39 is 15.8 Å². The molecule has 1 heterocycles. The molecular formula is C17H10Cl3FN2O2S. The molecule has 26 heavy (non-hydrogen) atoms. The summed E-state index contributed by atoms with van der Waals surface area (Å²) >= 11 is 17.7. The van der Waals surface area contributed by atoms with Gasteiger partial charge in [0.1, 0.15) is 11.6 Å². The molecule has 0 bridgehead atoms. The third kappa shape index (κ3) is 4.10. The van der Waals surface area contributed by atoms with Crippen LogP contribution in [0.25, 0.3) is 11.1 Å². The minimum absolute atomic E-state index is 0.0966. The predicted molar refractivity (Wildman–Crippen MR) is 102 cm³/mol. The first kappa shape index (κ1) is 18.9. The van der Waals surface area contributed by atoms with Crippen molar-refractivity contribution in [2.24, 2.45) is 0 Å². The summed E-state index contributed by atoms with van der Waals surface area (Å²) in [6.45, 7) is 0. The summed E-state index contributed by atoms with van der Waals surface area (Å²) in [5.41, 5.74) is 1.41. The van der Waals surface area contributed by atoms with Crippen LogP contribution in [0.2, 0.25) is 15.1 Å². The van der Waals surface area contributed by atoms with Gasteiger partial charge in [0.2, 0.25) is 0 Å². The van der Waals surface area contributed by atoms with Crippen LogP contribution in [0.5, 0.6) is 0 Å². The molecule has 0 aliphatic rings. The summed E-state index contributed by atoms with van der Waals surface area (Å²) in [4.78, 5) is 3.91. The zero-order valence-electron chi connectivity index (χ0n) is 12.9. The number of hydrogen-bond acceptors (Lipinski definition) is 3. The van der Waals surface area contributed by atoms with Crippen molar-refractivity contribution in [1.82, 2.24) is 4.98 Å². The van der Waals surface area contributed by atoms with Crippen LogP contribution in [-0.2, 0) is 10.0 Å². The standard InChI is InChI=1S/C17H10Cl3FN2O2S/c18-11-2-4-13(14(19)7-11)10-1-6-17(22-9-10)23-26(24,25)12-3-5-16(21)15(20)8-12/h1-9H,(H,22,23). The number of hydrogen-bond donors (Lipinski definition) is 1. The van der Waals surface area contributed by atoms with Gasteiger partial charge in [-0.2, -0.15) is 0 Å². The number of halogens is 4. The molecular weight excluding hydrogens is 422 g/mol. The third-order valence-corrected chi connectivity index (χ3v) is 5.64. The van der Waals surface area contributed by atoms with Gasteiger partial charge >= 0.3 is 0 Å². The fraction of sp³-hybridized carbons (Fsp3) is 0. The monoisotopic (exact) mass is 430 g/mol. The lowest BCUT2D eigenvalue weighted by Crippen LogP contribution is -2.14. The van der Waals surface area contributed by atoms with E-state index in [1.54, 1.807) is 24.3 Å². The van der Waals surface area contributed by atoms with Crippen molar-refractivity contribution in [3.05, 3.63) is 75.6 Å². The Hall–Kier alpha value is -1.86. The van der Waals surface area contributed by atoms with E-state index in [0.717, 1.165) is 18.2 Å². The average Bonchev–Trinajstić information content (AvgIpc) is 2.58. The molecule has 2 aromatic carbocycles. The Morgan fingerprint density at radius 1 is 0.923 bits per heavy atom. The van der Waals surface area contributed by atoms with Crippen LogP contribution < -0.4 is 4.72 Å². The van der Waals surface area contributed by atoms with Gasteiger partial charge in [-0.25, -0.2) is 17.8 Å². The molecule has 1 N–H and O–H groups in total. The number of nitrogens with zero attached hydrogens (tertiary/aromatic N) is 1. The molecule has 0 saturated carbocycles. The molecule has 0 unspecified atom stereocenters. The smallest absolute Gasteiger partial charge is 0.263 e. The Morgan fingerprint density at radius 2 is 1.69 bits per heavy atom. The number of anilines is 1. The van der Waals surface area contributed by atoms with Crippen LogP contribution >= 0.6 is 34.8 Å². The van der Waals surface area contributed by atoms with Gasteiger partial charge in [0.25, 0.3) is 10.0 Å². The highest BCUT2D eigenvalue weighted by Crippen LogP contribution is 2.30. The zero-order chi connectivity index (χ0) is 18.9. The Labute approximate surface area is 164 Å². The summed E-state index contributed by atoms with van der Waals surface area (Å²) < 4.78 is 40.2. The van der Waals surface area contributed by atoms with Crippen molar-refractivity contribution < 1.29 is 12.8 Å². The normalized spacial score (nSPS) is 11.4. The maximum absolute atomic E-state index is 13.2. The minimum atomic E-state index is -3.95. The highest BCUT2D eigenvalue weighted by Gasteiger charge is 2.17. The Balaban J connectivity index is 1.85. The quantitative estimate of drug-likeness (QED) is 0.581. The number of sulfonamides is 1. The fourth-order valence-electron chi connectivity index (χ4n) is 2.18. The van der Waals surface area contributed by atoms with Gasteiger partial charge < -0.3 is 0 Å². The van der Waals surface area contributed by atoms with Crippen LogP contribution in [0.1, 0.15) is 0 Å². The lowest BCUT2D eigenvalue weighted by molar-refractivity contribution is 0.599. The molecule has 0 aliphatic heterocycles. The van der Waals surface area contributed by atoms with Gasteiger partial charge in [-0.1, -0.05) is 40.9 Å². The maximum Gasteiger partial charge on any atom is 0.263 e. The average molecular weight is 432 g/mol. The molecule has 3 aromatic rings. The molecule has 0 aliphatic carbocycles. The molecule has 3 rings (SSSR count). The second-order valence-electron chi connectivity index (χ2n) is 5.24. The zero-order valence-corrected chi connectivity index (χ0v) is 16.0. The number of benzene rings is 2. The first-order valence-corrected chi connectivity index (χ1v) is 9.77. The van der Waals surface area contributed by atoms with Crippen molar-refractivity contribution >= 4 is 50.6 Å². The van der Waals surface area contributed by atoms with Crippen LogP contribution in [-0.4, -0.2) is 13.4 Å². The lowest BCUT2D eigenvalue weighted by Gasteiger charge is -2.09. The van der Waals surface area contributed by atoms with E-state index in [-0.39, 0.29) is 15.7 Å². The van der Waals surface area contributed by atoms with Gasteiger partial charge in [0.05, 0.1) is 9.92 Å². The van der Waals surface area contributed by atoms with E-state index in [1.165, 1.54) is 12.3 Å². The molecule has 134 valence electrons. The summed E-state index contributed by atoms with van der Waals surface area (Å²) in [5, 5.41) is 0.677. The van der Waals surface area contributed by atoms with Gasteiger partial charge in [0, 0.05) is 27.4 Å². The summed E-state index contributed by atoms with van der Waals surface area (Å²) in [7, 11) is -3.95. The summed E-state index contributed by atoms with van der Waals surface area (Å²) in [6, 6.07) is 11.3. The van der Waals surface area contributed by atoms with E-state index >= 15 is 0 Å². The molecule has 0 saturated heterocycles. The number of nitrogens with one attached hydrogen (secondary N) is 1. The molecule has 0 fully saturated rings. The van der Waals surface area contributed by atoms with Gasteiger partial charge in [-0.15, -0.1) is 0 Å². The summed E-state index contributed by atoms with van der Waals surface area (Å²) in [6.07, 6.45) is 1.48. The Bertz CT molecular complexity index is 1070. The van der Waals surface area contributed by atoms with E-state index in [9.17, 15) is 12.8 Å². The fourth-order valence-corrected chi connectivity index (χ4v) is 3.97. The van der Waals surface area contributed by atoms with Gasteiger partial charge in [0.15, 0.2) is 0 Å². The molecule has 0 radical (unpaired) electrons. The third-order valence-electron chi connectivity index (χ3n) is 3.45. The van der Waals surface area contributed by atoms with E-state index in [0.29, 0.717) is 21.2 Å². The first-order valence-electron chi connectivity index (χ1n) is 7.15. The highest BCUT2D eigenvalue weighted by molar-refractivity contribution is 7.92. The Morgan fingerprint density at radius 3 is 2.31 bits per heavy atom. The van der Waals surface area contributed by atoms with Crippen molar-refractivity contribution in [3.63, 3.8) is 0 Å². The van der Waals surface area contributed by atoms with E-state index in [1.807, 2.05) is 0 Å². The van der Waals surface area contributed by atoms with Gasteiger partial charge in [-0.05, 0) is 42.5 Å². The SMILES string of the molecule is O=S(=O)(Nc1ccc(-c2ccc(Cl)cc2Cl)cn1)c1ccc(F)c(Cl)c1. The number of rotatable bonds is 4. The van der Waals surface area contributed by atoms with Crippen molar-refractivity contribution in [2.45, 2.75) is 4.90 Å². The molecule has 0 spiro atoms. The molecule has 9 heteroatoms. The minimum Gasteiger partial charge on any atom is -0.263 e.